The second-order valence-corrected chi connectivity index (χ2v) is 3.14. The highest BCUT2D eigenvalue weighted by molar-refractivity contribution is 6.30. The third kappa shape index (κ3) is 1.55. The van der Waals surface area contributed by atoms with Gasteiger partial charge >= 0.3 is 0 Å². The van der Waals surface area contributed by atoms with Crippen molar-refractivity contribution < 1.29 is 0 Å². The zero-order valence-electron chi connectivity index (χ0n) is 7.11. The van der Waals surface area contributed by atoms with Gasteiger partial charge in [-0.25, -0.2) is 0 Å². The number of hydrogen-bond acceptors (Lipinski definition) is 2. The number of aryl methyl sites for hydroxylation is 1. The van der Waals surface area contributed by atoms with Crippen LogP contribution in [0.1, 0.15) is 0 Å². The Labute approximate surface area is 81.0 Å². The molecule has 0 aliphatic rings. The number of rotatable bonds is 1. The van der Waals surface area contributed by atoms with Gasteiger partial charge in [-0.2, -0.15) is 5.10 Å². The third-order valence-corrected chi connectivity index (χ3v) is 2.03. The van der Waals surface area contributed by atoms with Crippen LogP contribution >= 0.6 is 11.6 Å². The fraction of sp³-hybridized carbons (Fsp3) is 0.111. The first-order valence-corrected chi connectivity index (χ1v) is 4.25. The third-order valence-electron chi connectivity index (χ3n) is 1.81. The summed E-state index contributed by atoms with van der Waals surface area (Å²) in [5.74, 6) is 0. The fourth-order valence-corrected chi connectivity index (χ4v) is 1.26. The van der Waals surface area contributed by atoms with Crippen molar-refractivity contribution in [1.29, 1.82) is 0 Å². The van der Waals surface area contributed by atoms with Crippen LogP contribution in [0.25, 0.3) is 11.4 Å². The molecule has 13 heavy (non-hydrogen) atoms. The lowest BCUT2D eigenvalue weighted by molar-refractivity contribution is 0.773. The smallest absolute Gasteiger partial charge is 0.0883 e. The minimum atomic E-state index is 0.644. The van der Waals surface area contributed by atoms with E-state index in [-0.39, 0.29) is 0 Å². The molecule has 0 atom stereocenters. The fourth-order valence-electron chi connectivity index (χ4n) is 1.15. The maximum Gasteiger partial charge on any atom is 0.0883 e. The molecule has 0 saturated heterocycles. The topological polar surface area (TPSA) is 30.7 Å². The van der Waals surface area contributed by atoms with Crippen LogP contribution in [0.2, 0.25) is 5.02 Å². The Morgan fingerprint density at radius 1 is 1.31 bits per heavy atom. The molecule has 0 unspecified atom stereocenters. The molecule has 0 aliphatic carbocycles. The van der Waals surface area contributed by atoms with Gasteiger partial charge in [-0.05, 0) is 18.2 Å². The molecule has 66 valence electrons. The lowest BCUT2D eigenvalue weighted by Crippen LogP contribution is -1.94. The summed E-state index contributed by atoms with van der Waals surface area (Å²) in [5.41, 5.74) is 1.86. The zero-order chi connectivity index (χ0) is 9.26. The Kier molecular flexibility index (Phi) is 2.02. The minimum Gasteiger partial charge on any atom is -0.266 e. The van der Waals surface area contributed by atoms with Crippen LogP contribution in [-0.2, 0) is 7.05 Å². The first-order chi connectivity index (χ1) is 6.27. The molecule has 0 spiro atoms. The van der Waals surface area contributed by atoms with E-state index in [1.807, 2.05) is 25.2 Å². The lowest BCUT2D eigenvalue weighted by Gasteiger charge is -1.99. The van der Waals surface area contributed by atoms with E-state index in [0.29, 0.717) is 5.02 Å². The van der Waals surface area contributed by atoms with E-state index in [4.69, 9.17) is 11.6 Å². The van der Waals surface area contributed by atoms with Crippen molar-refractivity contribution in [3.8, 4) is 11.4 Å². The SMILES string of the molecule is Cn1nccc1-c1ccc(Cl)cn1. The highest BCUT2D eigenvalue weighted by Gasteiger charge is 2.02. The van der Waals surface area contributed by atoms with Crippen LogP contribution < -0.4 is 0 Å². The summed E-state index contributed by atoms with van der Waals surface area (Å²) in [6.07, 6.45) is 3.37. The number of halogens is 1. The molecular formula is C9H8ClN3. The lowest BCUT2D eigenvalue weighted by atomic mass is 10.3. The van der Waals surface area contributed by atoms with Crippen LogP contribution in [-0.4, -0.2) is 14.8 Å². The van der Waals surface area contributed by atoms with E-state index in [0.717, 1.165) is 11.4 Å². The molecule has 0 aliphatic heterocycles. The van der Waals surface area contributed by atoms with E-state index >= 15 is 0 Å². The molecule has 2 aromatic rings. The second kappa shape index (κ2) is 3.18. The summed E-state index contributed by atoms with van der Waals surface area (Å²) in [5, 5.41) is 4.70. The van der Waals surface area contributed by atoms with Gasteiger partial charge in [-0.15, -0.1) is 0 Å². The molecular weight excluding hydrogens is 186 g/mol. The Morgan fingerprint density at radius 2 is 2.15 bits per heavy atom. The average Bonchev–Trinajstić information content (AvgIpc) is 2.53. The number of pyridine rings is 1. The van der Waals surface area contributed by atoms with E-state index < -0.39 is 0 Å². The summed E-state index contributed by atoms with van der Waals surface area (Å²) in [6, 6.07) is 5.60. The van der Waals surface area contributed by atoms with Gasteiger partial charge in [0.2, 0.25) is 0 Å². The van der Waals surface area contributed by atoms with Crippen LogP contribution in [0.15, 0.2) is 30.6 Å². The summed E-state index contributed by atoms with van der Waals surface area (Å²) >= 11 is 5.73. The molecule has 2 heterocycles. The van der Waals surface area contributed by atoms with Crippen molar-refractivity contribution in [2.45, 2.75) is 0 Å². The van der Waals surface area contributed by atoms with Crippen molar-refractivity contribution in [2.75, 3.05) is 0 Å². The summed E-state index contributed by atoms with van der Waals surface area (Å²) < 4.78 is 1.77. The second-order valence-electron chi connectivity index (χ2n) is 2.70. The van der Waals surface area contributed by atoms with Gasteiger partial charge in [-0.1, -0.05) is 11.6 Å². The van der Waals surface area contributed by atoms with Crippen LogP contribution in [0, 0.1) is 0 Å². The van der Waals surface area contributed by atoms with E-state index in [9.17, 15) is 0 Å². The number of hydrogen-bond donors (Lipinski definition) is 0. The van der Waals surface area contributed by atoms with Crippen LogP contribution in [0.4, 0.5) is 0 Å². The average molecular weight is 194 g/mol. The standard InChI is InChI=1S/C9H8ClN3/c1-13-9(4-5-12-13)8-3-2-7(10)6-11-8/h2-6H,1H3. The van der Waals surface area contributed by atoms with Crippen LogP contribution in [0.5, 0.6) is 0 Å². The van der Waals surface area contributed by atoms with Crippen LogP contribution in [0.3, 0.4) is 0 Å². The van der Waals surface area contributed by atoms with Gasteiger partial charge in [-0.3, -0.25) is 9.67 Å². The Morgan fingerprint density at radius 3 is 2.69 bits per heavy atom. The number of nitrogens with zero attached hydrogens (tertiary/aromatic N) is 3. The minimum absolute atomic E-state index is 0.644. The Balaban J connectivity index is 2.47. The molecule has 0 bridgehead atoms. The van der Waals surface area contributed by atoms with Gasteiger partial charge in [0.15, 0.2) is 0 Å². The predicted octanol–water partition coefficient (Wildman–Crippen LogP) is 2.14. The number of aromatic nitrogens is 3. The van der Waals surface area contributed by atoms with Crippen molar-refractivity contribution in [2.24, 2.45) is 7.05 Å². The van der Waals surface area contributed by atoms with Crippen molar-refractivity contribution in [3.05, 3.63) is 35.6 Å². The monoisotopic (exact) mass is 193 g/mol. The zero-order valence-corrected chi connectivity index (χ0v) is 7.86. The first kappa shape index (κ1) is 8.26. The molecule has 0 N–H and O–H groups in total. The van der Waals surface area contributed by atoms with Crippen molar-refractivity contribution in [3.63, 3.8) is 0 Å². The quantitative estimate of drug-likeness (QED) is 0.695. The molecule has 2 aromatic heterocycles. The van der Waals surface area contributed by atoms with Gasteiger partial charge in [0.05, 0.1) is 16.4 Å². The van der Waals surface area contributed by atoms with E-state index in [2.05, 4.69) is 10.1 Å². The predicted molar refractivity (Wildman–Crippen MR) is 51.4 cm³/mol. The van der Waals surface area contributed by atoms with E-state index in [1.54, 1.807) is 17.1 Å². The molecule has 3 nitrogen and oxygen atoms in total. The largest absolute Gasteiger partial charge is 0.266 e. The molecule has 0 fully saturated rings. The first-order valence-electron chi connectivity index (χ1n) is 3.87. The van der Waals surface area contributed by atoms with Gasteiger partial charge in [0, 0.05) is 19.4 Å². The van der Waals surface area contributed by atoms with Crippen molar-refractivity contribution >= 4 is 11.6 Å². The molecule has 0 radical (unpaired) electrons. The van der Waals surface area contributed by atoms with Gasteiger partial charge in [0.1, 0.15) is 0 Å². The summed E-state index contributed by atoms with van der Waals surface area (Å²) in [6.45, 7) is 0. The van der Waals surface area contributed by atoms with Crippen molar-refractivity contribution in [1.82, 2.24) is 14.8 Å². The summed E-state index contributed by atoms with van der Waals surface area (Å²) in [7, 11) is 1.88. The molecule has 2 rings (SSSR count). The Bertz CT molecular complexity index is 405. The normalized spacial score (nSPS) is 10.3. The maximum atomic E-state index is 5.73. The van der Waals surface area contributed by atoms with Gasteiger partial charge < -0.3 is 0 Å². The summed E-state index contributed by atoms with van der Waals surface area (Å²) in [4.78, 5) is 4.19. The maximum absolute atomic E-state index is 5.73. The molecule has 0 saturated carbocycles. The molecule has 0 aromatic carbocycles. The Hall–Kier alpha value is -1.35. The highest BCUT2D eigenvalue weighted by Crippen LogP contribution is 2.16. The molecule has 4 heteroatoms. The van der Waals surface area contributed by atoms with Gasteiger partial charge in [0.25, 0.3) is 0 Å². The highest BCUT2D eigenvalue weighted by atomic mass is 35.5. The molecule has 0 amide bonds. The van der Waals surface area contributed by atoms with E-state index in [1.165, 1.54) is 0 Å².